The van der Waals surface area contributed by atoms with Crippen molar-refractivity contribution < 1.29 is 14.3 Å². The third-order valence-corrected chi connectivity index (χ3v) is 4.51. The number of aliphatic hydroxyl groups excluding tert-OH is 1. The first-order valence-corrected chi connectivity index (χ1v) is 7.93. The van der Waals surface area contributed by atoms with Gasteiger partial charge in [-0.3, -0.25) is 4.79 Å². The molecule has 1 atom stereocenters. The van der Waals surface area contributed by atoms with Gasteiger partial charge in [0.2, 0.25) is 0 Å². The first kappa shape index (κ1) is 16.6. The highest BCUT2D eigenvalue weighted by molar-refractivity contribution is 7.11. The zero-order valence-corrected chi connectivity index (χ0v) is 13.4. The number of aliphatic hydroxyl groups is 1. The van der Waals surface area contributed by atoms with Gasteiger partial charge in [-0.05, 0) is 38.0 Å². The van der Waals surface area contributed by atoms with Crippen LogP contribution in [-0.2, 0) is 11.2 Å². The van der Waals surface area contributed by atoms with Crippen LogP contribution >= 0.6 is 11.3 Å². The number of aromatic nitrogens is 1. The first-order chi connectivity index (χ1) is 10.5. The lowest BCUT2D eigenvalue weighted by Crippen LogP contribution is -2.30. The molecule has 2 rings (SSSR count). The highest BCUT2D eigenvalue weighted by atomic mass is 32.1. The van der Waals surface area contributed by atoms with Gasteiger partial charge >= 0.3 is 0 Å². The molecule has 1 aromatic carbocycles. The molecule has 2 aromatic rings. The summed E-state index contributed by atoms with van der Waals surface area (Å²) in [6.45, 7) is 4.49. The van der Waals surface area contributed by atoms with Crippen LogP contribution in [0.3, 0.4) is 0 Å². The van der Waals surface area contributed by atoms with Gasteiger partial charge in [0.15, 0.2) is 6.10 Å². The second-order valence-electron chi connectivity index (χ2n) is 5.10. The van der Waals surface area contributed by atoms with Gasteiger partial charge in [-0.2, -0.15) is 0 Å². The molecule has 0 aliphatic rings. The number of nitrogens with zero attached hydrogens (tertiary/aromatic N) is 1. The molecule has 118 valence electrons. The number of thiazole rings is 1. The summed E-state index contributed by atoms with van der Waals surface area (Å²) < 4.78 is 12.8. The number of rotatable bonds is 6. The van der Waals surface area contributed by atoms with Gasteiger partial charge in [-0.25, -0.2) is 9.37 Å². The molecule has 0 radical (unpaired) electrons. The molecule has 22 heavy (non-hydrogen) atoms. The maximum Gasteiger partial charge on any atom is 0.253 e. The average Bonchev–Trinajstić information content (AvgIpc) is 2.82. The van der Waals surface area contributed by atoms with Crippen molar-refractivity contribution in [3.63, 3.8) is 0 Å². The van der Waals surface area contributed by atoms with E-state index in [4.69, 9.17) is 0 Å². The van der Waals surface area contributed by atoms with E-state index in [0.29, 0.717) is 12.1 Å². The summed E-state index contributed by atoms with van der Waals surface area (Å²) in [5, 5.41) is 13.6. The molecule has 0 saturated heterocycles. The Balaban J connectivity index is 1.76. The molecule has 1 amide bonds. The van der Waals surface area contributed by atoms with Gasteiger partial charge in [-0.15, -0.1) is 11.3 Å². The van der Waals surface area contributed by atoms with Crippen molar-refractivity contribution in [3.05, 3.63) is 51.2 Å². The lowest BCUT2D eigenvalue weighted by atomic mass is 10.1. The molecule has 0 aliphatic carbocycles. The summed E-state index contributed by atoms with van der Waals surface area (Å²) in [5.74, 6) is -0.872. The molecule has 0 spiro atoms. The normalized spacial score (nSPS) is 12.2. The summed E-state index contributed by atoms with van der Waals surface area (Å²) in [4.78, 5) is 17.5. The van der Waals surface area contributed by atoms with E-state index in [0.717, 1.165) is 23.5 Å². The molecule has 6 heteroatoms. The van der Waals surface area contributed by atoms with Crippen LogP contribution in [0.5, 0.6) is 0 Å². The van der Waals surface area contributed by atoms with Crippen LogP contribution in [0.4, 0.5) is 4.39 Å². The molecule has 0 fully saturated rings. The summed E-state index contributed by atoms with van der Waals surface area (Å²) in [6.07, 6.45) is 0.283. The van der Waals surface area contributed by atoms with E-state index in [9.17, 15) is 14.3 Å². The second kappa shape index (κ2) is 7.47. The van der Waals surface area contributed by atoms with Gasteiger partial charge in [-0.1, -0.05) is 12.1 Å². The fraction of sp³-hybridized carbons (Fsp3) is 0.375. The van der Waals surface area contributed by atoms with Crippen LogP contribution in [0.2, 0.25) is 0 Å². The highest BCUT2D eigenvalue weighted by Crippen LogP contribution is 2.17. The lowest BCUT2D eigenvalue weighted by molar-refractivity contribution is -0.129. The third-order valence-electron chi connectivity index (χ3n) is 3.37. The molecular weight excluding hydrogens is 303 g/mol. The van der Waals surface area contributed by atoms with Crippen LogP contribution < -0.4 is 5.32 Å². The number of hydrogen-bond donors (Lipinski definition) is 2. The summed E-state index contributed by atoms with van der Waals surface area (Å²) in [7, 11) is 0. The zero-order valence-electron chi connectivity index (χ0n) is 12.6. The third kappa shape index (κ3) is 4.35. The first-order valence-electron chi connectivity index (χ1n) is 7.11. The van der Waals surface area contributed by atoms with Crippen LogP contribution in [0.1, 0.15) is 33.7 Å². The smallest absolute Gasteiger partial charge is 0.253 e. The van der Waals surface area contributed by atoms with E-state index < -0.39 is 17.8 Å². The topological polar surface area (TPSA) is 62.2 Å². The zero-order chi connectivity index (χ0) is 16.1. The van der Waals surface area contributed by atoms with E-state index in [2.05, 4.69) is 10.3 Å². The Labute approximate surface area is 133 Å². The predicted molar refractivity (Wildman–Crippen MR) is 84.3 cm³/mol. The number of halogens is 1. The quantitative estimate of drug-likeness (QED) is 0.804. The van der Waals surface area contributed by atoms with Crippen molar-refractivity contribution >= 4 is 17.2 Å². The number of benzene rings is 1. The van der Waals surface area contributed by atoms with Crippen molar-refractivity contribution in [2.45, 2.75) is 32.8 Å². The largest absolute Gasteiger partial charge is 0.378 e. The van der Waals surface area contributed by atoms with E-state index in [-0.39, 0.29) is 0 Å². The maximum absolute atomic E-state index is 12.8. The Kier molecular flexibility index (Phi) is 5.63. The molecule has 0 aliphatic heterocycles. The molecule has 1 unspecified atom stereocenters. The maximum atomic E-state index is 12.8. The summed E-state index contributed by atoms with van der Waals surface area (Å²) >= 11 is 1.67. The standard InChI is InChI=1S/C16H19FN2O2S/c1-10-11(2)22-14(19-10)4-3-9-18-16(21)15(20)12-5-7-13(17)8-6-12/h5-8,15,20H,3-4,9H2,1-2H3,(H,18,21). The minimum absolute atomic E-state index is 0.380. The van der Waals surface area contributed by atoms with Crippen molar-refractivity contribution in [2.24, 2.45) is 0 Å². The average molecular weight is 322 g/mol. The highest BCUT2D eigenvalue weighted by Gasteiger charge is 2.16. The van der Waals surface area contributed by atoms with Crippen LogP contribution in [-0.4, -0.2) is 22.5 Å². The SMILES string of the molecule is Cc1nc(CCCNC(=O)C(O)c2ccc(F)cc2)sc1C. The van der Waals surface area contributed by atoms with Crippen molar-refractivity contribution in [3.8, 4) is 0 Å². The fourth-order valence-electron chi connectivity index (χ4n) is 1.99. The van der Waals surface area contributed by atoms with Crippen molar-refractivity contribution in [1.29, 1.82) is 0 Å². The Morgan fingerprint density at radius 3 is 2.64 bits per heavy atom. The number of nitrogens with one attached hydrogen (secondary N) is 1. The van der Waals surface area contributed by atoms with E-state index in [1.54, 1.807) is 11.3 Å². The Morgan fingerprint density at radius 1 is 1.36 bits per heavy atom. The van der Waals surface area contributed by atoms with E-state index >= 15 is 0 Å². The van der Waals surface area contributed by atoms with E-state index in [1.165, 1.54) is 29.1 Å². The minimum Gasteiger partial charge on any atom is -0.378 e. The minimum atomic E-state index is -1.27. The fourth-order valence-corrected chi connectivity index (χ4v) is 2.97. The van der Waals surface area contributed by atoms with Crippen LogP contribution in [0, 0.1) is 19.7 Å². The molecular formula is C16H19FN2O2S. The predicted octanol–water partition coefficient (Wildman–Crippen LogP) is 2.68. The van der Waals surface area contributed by atoms with Crippen molar-refractivity contribution in [1.82, 2.24) is 10.3 Å². The van der Waals surface area contributed by atoms with Crippen molar-refractivity contribution in [2.75, 3.05) is 6.54 Å². The van der Waals surface area contributed by atoms with Gasteiger partial charge in [0.25, 0.3) is 5.91 Å². The Morgan fingerprint density at radius 2 is 2.05 bits per heavy atom. The Hall–Kier alpha value is -1.79. The van der Waals surface area contributed by atoms with E-state index in [1.807, 2.05) is 13.8 Å². The van der Waals surface area contributed by atoms with Gasteiger partial charge < -0.3 is 10.4 Å². The second-order valence-corrected chi connectivity index (χ2v) is 6.39. The molecule has 0 saturated carbocycles. The number of hydrogen-bond acceptors (Lipinski definition) is 4. The number of carbonyl (C=O) groups is 1. The Bertz CT molecular complexity index is 621. The molecule has 1 heterocycles. The van der Waals surface area contributed by atoms with Gasteiger partial charge in [0, 0.05) is 17.8 Å². The summed E-state index contributed by atoms with van der Waals surface area (Å²) in [5.41, 5.74) is 1.43. The molecule has 1 aromatic heterocycles. The number of amides is 1. The lowest BCUT2D eigenvalue weighted by Gasteiger charge is -2.11. The monoisotopic (exact) mass is 322 g/mol. The molecule has 2 N–H and O–H groups in total. The van der Waals surface area contributed by atoms with Gasteiger partial charge in [0.05, 0.1) is 10.7 Å². The van der Waals surface area contributed by atoms with Gasteiger partial charge in [0.1, 0.15) is 5.82 Å². The van der Waals surface area contributed by atoms with Crippen LogP contribution in [0.15, 0.2) is 24.3 Å². The number of carbonyl (C=O) groups excluding carboxylic acids is 1. The molecule has 0 bridgehead atoms. The number of aryl methyl sites for hydroxylation is 3. The summed E-state index contributed by atoms with van der Waals surface area (Å²) in [6, 6.07) is 5.25. The molecule has 4 nitrogen and oxygen atoms in total. The van der Waals surface area contributed by atoms with Crippen LogP contribution in [0.25, 0.3) is 0 Å².